The van der Waals surface area contributed by atoms with E-state index in [0.717, 1.165) is 44.4 Å². The molecular weight excluding hydrogens is 507 g/mol. The summed E-state index contributed by atoms with van der Waals surface area (Å²) in [6.07, 6.45) is 0. The number of phenolic OH excluding ortho intramolecular Hbond substituents is 1. The summed E-state index contributed by atoms with van der Waals surface area (Å²) >= 11 is 0. The highest BCUT2D eigenvalue weighted by Crippen LogP contribution is 2.39. The summed E-state index contributed by atoms with van der Waals surface area (Å²) in [7, 11) is -0.731. The van der Waals surface area contributed by atoms with E-state index in [-0.39, 0.29) is 5.75 Å². The van der Waals surface area contributed by atoms with Crippen LogP contribution in [0.25, 0.3) is 21.9 Å². The number of rotatable bonds is 6. The molecule has 3 nitrogen and oxygen atoms in total. The molecule has 0 bridgehead atoms. The summed E-state index contributed by atoms with van der Waals surface area (Å²) in [5.41, 5.74) is 5.46. The number of phenols is 1. The van der Waals surface area contributed by atoms with Crippen molar-refractivity contribution in [3.63, 3.8) is 0 Å². The Morgan fingerprint density at radius 1 is 0.525 bits per heavy atom. The number of aromatic hydroxyl groups is 1. The first-order chi connectivity index (χ1) is 19.6. The van der Waals surface area contributed by atoms with Crippen LogP contribution >= 0.6 is 7.92 Å². The van der Waals surface area contributed by atoms with E-state index in [4.69, 9.17) is 10.2 Å². The first-order valence-electron chi connectivity index (χ1n) is 13.3. The molecule has 6 rings (SSSR count). The molecule has 6 aromatic carbocycles. The Morgan fingerprint density at radius 3 is 1.77 bits per heavy atom. The van der Waals surface area contributed by atoms with E-state index in [9.17, 15) is 5.11 Å². The minimum atomic E-state index is -0.731. The lowest BCUT2D eigenvalue weighted by Crippen LogP contribution is -2.20. The van der Waals surface area contributed by atoms with Crippen LogP contribution in [0, 0.1) is 13.8 Å². The molecule has 0 unspecified atom stereocenters. The molecular formula is C36H29N2OP. The zero-order valence-electron chi connectivity index (χ0n) is 22.5. The third kappa shape index (κ3) is 5.17. The van der Waals surface area contributed by atoms with Crippen LogP contribution in [-0.2, 0) is 0 Å². The molecule has 0 fully saturated rings. The Bertz CT molecular complexity index is 1790. The quantitative estimate of drug-likeness (QED) is 0.168. The fourth-order valence-electron chi connectivity index (χ4n) is 4.99. The van der Waals surface area contributed by atoms with Gasteiger partial charge in [-0.15, -0.1) is 0 Å². The van der Waals surface area contributed by atoms with Gasteiger partial charge in [-0.2, -0.15) is 10.2 Å². The average molecular weight is 537 g/mol. The Hall–Kier alpha value is -4.59. The molecule has 6 aromatic rings. The van der Waals surface area contributed by atoms with Crippen LogP contribution in [0.3, 0.4) is 0 Å². The summed E-state index contributed by atoms with van der Waals surface area (Å²) in [4.78, 5) is 0. The van der Waals surface area contributed by atoms with Crippen LogP contribution in [0.2, 0.25) is 0 Å². The summed E-state index contributed by atoms with van der Waals surface area (Å²) in [5.74, 6) is 0.254. The lowest BCUT2D eigenvalue weighted by atomic mass is 9.96. The Labute approximate surface area is 236 Å². The molecule has 40 heavy (non-hydrogen) atoms. The van der Waals surface area contributed by atoms with Crippen LogP contribution in [0.5, 0.6) is 5.75 Å². The van der Waals surface area contributed by atoms with Gasteiger partial charge in [0.15, 0.2) is 0 Å². The highest BCUT2D eigenvalue weighted by Gasteiger charge is 2.17. The van der Waals surface area contributed by atoms with Crippen LogP contribution in [0.4, 0.5) is 11.4 Å². The van der Waals surface area contributed by atoms with Gasteiger partial charge in [0.2, 0.25) is 0 Å². The summed E-state index contributed by atoms with van der Waals surface area (Å²) < 4.78 is 0. The van der Waals surface area contributed by atoms with Crippen LogP contribution in [0.1, 0.15) is 11.1 Å². The second-order valence-electron chi connectivity index (χ2n) is 9.86. The second-order valence-corrected chi connectivity index (χ2v) is 12.1. The highest BCUT2D eigenvalue weighted by atomic mass is 31.1. The van der Waals surface area contributed by atoms with Crippen molar-refractivity contribution < 1.29 is 5.11 Å². The number of benzene rings is 6. The van der Waals surface area contributed by atoms with Gasteiger partial charge in [0, 0.05) is 5.56 Å². The number of hydrogen-bond donors (Lipinski definition) is 1. The second kappa shape index (κ2) is 11.3. The number of hydrogen-bond acceptors (Lipinski definition) is 3. The van der Waals surface area contributed by atoms with E-state index < -0.39 is 7.92 Å². The zero-order valence-corrected chi connectivity index (χ0v) is 23.4. The van der Waals surface area contributed by atoms with Crippen molar-refractivity contribution in [1.29, 1.82) is 0 Å². The standard InChI is InChI=1S/C36H29N2OP/c1-25-17-19-28(36-32-16-10-9-11-27(32)20-22-35(36)39)23-33(25)37-38-34-24-31(21-18-26(34)2)40(29-12-5-3-6-13-29)30-14-7-4-8-15-30/h3-24,39H,1-2H3. The van der Waals surface area contributed by atoms with Gasteiger partial charge in [-0.05, 0) is 83.3 Å². The van der Waals surface area contributed by atoms with Crippen molar-refractivity contribution in [3.05, 3.63) is 145 Å². The molecule has 0 amide bonds. The summed E-state index contributed by atoms with van der Waals surface area (Å²) in [6, 6.07) is 45.8. The maximum atomic E-state index is 10.8. The van der Waals surface area contributed by atoms with Gasteiger partial charge >= 0.3 is 0 Å². The molecule has 0 aliphatic heterocycles. The molecule has 0 atom stereocenters. The van der Waals surface area contributed by atoms with Crippen LogP contribution in [-0.4, -0.2) is 5.11 Å². The minimum absolute atomic E-state index is 0.254. The number of nitrogens with zero attached hydrogens (tertiary/aromatic N) is 2. The Morgan fingerprint density at radius 2 is 1.10 bits per heavy atom. The molecule has 4 heteroatoms. The van der Waals surface area contributed by atoms with Crippen molar-refractivity contribution in [3.8, 4) is 16.9 Å². The lowest BCUT2D eigenvalue weighted by Gasteiger charge is -2.20. The number of aryl methyl sites for hydroxylation is 2. The van der Waals surface area contributed by atoms with Gasteiger partial charge in [0.1, 0.15) is 5.75 Å². The van der Waals surface area contributed by atoms with Crippen LogP contribution < -0.4 is 15.9 Å². The minimum Gasteiger partial charge on any atom is -0.507 e. The van der Waals surface area contributed by atoms with E-state index >= 15 is 0 Å². The molecule has 1 N–H and O–H groups in total. The number of fused-ring (bicyclic) bond motifs is 1. The zero-order chi connectivity index (χ0) is 27.5. The van der Waals surface area contributed by atoms with E-state index in [1.807, 2.05) is 49.4 Å². The molecule has 0 spiro atoms. The topological polar surface area (TPSA) is 45.0 Å². The van der Waals surface area contributed by atoms with E-state index in [2.05, 4.69) is 91.9 Å². The predicted octanol–water partition coefficient (Wildman–Crippen LogP) is 9.00. The summed E-state index contributed by atoms with van der Waals surface area (Å²) in [5, 5.41) is 26.2. The maximum Gasteiger partial charge on any atom is 0.124 e. The van der Waals surface area contributed by atoms with Crippen molar-refractivity contribution in [1.82, 2.24) is 0 Å². The third-order valence-corrected chi connectivity index (χ3v) is 9.57. The normalized spacial score (nSPS) is 11.5. The summed E-state index contributed by atoms with van der Waals surface area (Å²) in [6.45, 7) is 4.11. The molecule has 0 heterocycles. The van der Waals surface area contributed by atoms with Crippen molar-refractivity contribution >= 4 is 46.0 Å². The Kier molecular flexibility index (Phi) is 7.23. The Balaban J connectivity index is 1.40. The molecule has 0 aliphatic carbocycles. The fraction of sp³-hybridized carbons (Fsp3) is 0.0556. The first kappa shape index (κ1) is 25.7. The first-order valence-corrected chi connectivity index (χ1v) is 14.7. The molecule has 0 aliphatic rings. The molecule has 0 saturated carbocycles. The maximum absolute atomic E-state index is 10.8. The van der Waals surface area contributed by atoms with Gasteiger partial charge in [-0.25, -0.2) is 0 Å². The van der Waals surface area contributed by atoms with Gasteiger partial charge in [0.05, 0.1) is 11.4 Å². The lowest BCUT2D eigenvalue weighted by molar-refractivity contribution is 0.478. The van der Waals surface area contributed by atoms with Gasteiger partial charge < -0.3 is 5.11 Å². The molecule has 0 saturated heterocycles. The smallest absolute Gasteiger partial charge is 0.124 e. The van der Waals surface area contributed by atoms with Gasteiger partial charge in [-0.1, -0.05) is 115 Å². The van der Waals surface area contributed by atoms with Crippen LogP contribution in [0.15, 0.2) is 144 Å². The van der Waals surface area contributed by atoms with Crippen molar-refractivity contribution in [2.75, 3.05) is 0 Å². The van der Waals surface area contributed by atoms with E-state index in [1.54, 1.807) is 6.07 Å². The average Bonchev–Trinajstić information content (AvgIpc) is 2.99. The molecule has 0 aromatic heterocycles. The molecule has 0 radical (unpaired) electrons. The highest BCUT2D eigenvalue weighted by molar-refractivity contribution is 7.79. The van der Waals surface area contributed by atoms with Gasteiger partial charge in [-0.3, -0.25) is 0 Å². The monoisotopic (exact) mass is 536 g/mol. The third-order valence-electron chi connectivity index (χ3n) is 7.15. The van der Waals surface area contributed by atoms with Crippen molar-refractivity contribution in [2.24, 2.45) is 10.2 Å². The van der Waals surface area contributed by atoms with E-state index in [0.29, 0.717) is 0 Å². The van der Waals surface area contributed by atoms with E-state index in [1.165, 1.54) is 15.9 Å². The molecule has 194 valence electrons. The predicted molar refractivity (Wildman–Crippen MR) is 170 cm³/mol. The van der Waals surface area contributed by atoms with Crippen molar-refractivity contribution in [2.45, 2.75) is 13.8 Å². The largest absolute Gasteiger partial charge is 0.507 e. The number of azo groups is 1. The van der Waals surface area contributed by atoms with Gasteiger partial charge in [0.25, 0.3) is 0 Å². The fourth-order valence-corrected chi connectivity index (χ4v) is 7.30. The SMILES string of the molecule is Cc1ccc(-c2c(O)ccc3ccccc23)cc1N=Nc1cc(P(c2ccccc2)c2ccccc2)ccc1C.